The third-order valence-corrected chi connectivity index (χ3v) is 7.52. The van der Waals surface area contributed by atoms with Gasteiger partial charge in [-0.05, 0) is 42.7 Å². The molecule has 1 aromatic carbocycles. The maximum absolute atomic E-state index is 12.7. The Morgan fingerprint density at radius 3 is 2.59 bits per heavy atom. The molecule has 0 spiro atoms. The molecule has 1 amide bonds. The Bertz CT molecular complexity index is 956. The van der Waals surface area contributed by atoms with E-state index in [9.17, 15) is 13.2 Å². The van der Waals surface area contributed by atoms with Crippen LogP contribution in [0.25, 0.3) is 0 Å². The van der Waals surface area contributed by atoms with Crippen LogP contribution in [-0.2, 0) is 20.2 Å². The number of nitrogens with one attached hydrogen (secondary N) is 1. The Balaban J connectivity index is 1.55. The molecule has 0 unspecified atom stereocenters. The number of sulfonamides is 1. The van der Waals surface area contributed by atoms with Crippen molar-refractivity contribution in [2.75, 3.05) is 19.6 Å². The topological polar surface area (TPSA) is 79.4 Å². The zero-order valence-corrected chi connectivity index (χ0v) is 18.2. The standard InChI is InChI=1S/C21H26ClN3O3S/c1-21(2,17-5-3-6-18(22)13-17)15-24-20(26)16-8-11-25(12-9-16)29(27,28)19-7-4-10-23-14-19/h3-7,10,13-14,16H,8-9,11-12,15H2,1-2H3,(H,24,26). The van der Waals surface area contributed by atoms with Gasteiger partial charge in [-0.15, -0.1) is 0 Å². The molecule has 0 atom stereocenters. The molecule has 1 saturated heterocycles. The van der Waals surface area contributed by atoms with Gasteiger partial charge < -0.3 is 5.32 Å². The predicted molar refractivity (Wildman–Crippen MR) is 113 cm³/mol. The number of hydrogen-bond acceptors (Lipinski definition) is 4. The van der Waals surface area contributed by atoms with Crippen molar-refractivity contribution in [3.8, 4) is 0 Å². The van der Waals surface area contributed by atoms with Crippen molar-refractivity contribution in [1.82, 2.24) is 14.6 Å². The quantitative estimate of drug-likeness (QED) is 0.755. The number of aromatic nitrogens is 1. The second-order valence-electron chi connectivity index (χ2n) is 7.98. The molecule has 0 bridgehead atoms. The van der Waals surface area contributed by atoms with E-state index in [0.29, 0.717) is 37.5 Å². The summed E-state index contributed by atoms with van der Waals surface area (Å²) in [5, 5.41) is 3.71. The van der Waals surface area contributed by atoms with E-state index in [0.717, 1.165) is 5.56 Å². The number of hydrogen-bond donors (Lipinski definition) is 1. The molecule has 0 saturated carbocycles. The van der Waals surface area contributed by atoms with Gasteiger partial charge in [-0.1, -0.05) is 37.6 Å². The minimum atomic E-state index is -3.56. The highest BCUT2D eigenvalue weighted by molar-refractivity contribution is 7.89. The van der Waals surface area contributed by atoms with Gasteiger partial charge >= 0.3 is 0 Å². The van der Waals surface area contributed by atoms with Gasteiger partial charge in [0.1, 0.15) is 4.90 Å². The molecule has 0 radical (unpaired) electrons. The fourth-order valence-electron chi connectivity index (χ4n) is 3.47. The van der Waals surface area contributed by atoms with Crippen LogP contribution in [-0.4, -0.2) is 43.2 Å². The van der Waals surface area contributed by atoms with Crippen LogP contribution in [0.15, 0.2) is 53.7 Å². The lowest BCUT2D eigenvalue weighted by Crippen LogP contribution is -2.45. The molecular formula is C21H26ClN3O3S. The number of pyridine rings is 1. The van der Waals surface area contributed by atoms with Crippen molar-refractivity contribution in [3.05, 3.63) is 59.4 Å². The van der Waals surface area contributed by atoms with Crippen molar-refractivity contribution in [2.24, 2.45) is 5.92 Å². The Morgan fingerprint density at radius 2 is 1.97 bits per heavy atom. The Kier molecular flexibility index (Phi) is 6.61. The first kappa shape index (κ1) is 21.7. The highest BCUT2D eigenvalue weighted by Crippen LogP contribution is 2.26. The minimum absolute atomic E-state index is 0.0291. The number of nitrogens with zero attached hydrogens (tertiary/aromatic N) is 2. The van der Waals surface area contributed by atoms with E-state index < -0.39 is 10.0 Å². The molecule has 2 heterocycles. The third-order valence-electron chi connectivity index (χ3n) is 5.41. The summed E-state index contributed by atoms with van der Waals surface area (Å²) < 4.78 is 26.8. The summed E-state index contributed by atoms with van der Waals surface area (Å²) in [5.74, 6) is -0.218. The molecule has 3 rings (SSSR count). The number of rotatable bonds is 6. The summed E-state index contributed by atoms with van der Waals surface area (Å²) in [6.07, 6.45) is 3.90. The average molecular weight is 436 g/mol. The van der Waals surface area contributed by atoms with Gasteiger partial charge in [0.25, 0.3) is 0 Å². The lowest BCUT2D eigenvalue weighted by Gasteiger charge is -2.32. The van der Waals surface area contributed by atoms with E-state index in [4.69, 9.17) is 11.6 Å². The van der Waals surface area contributed by atoms with Crippen LogP contribution in [0, 0.1) is 5.92 Å². The van der Waals surface area contributed by atoms with Crippen LogP contribution in [0.3, 0.4) is 0 Å². The smallest absolute Gasteiger partial charge is 0.244 e. The molecular weight excluding hydrogens is 410 g/mol. The first-order valence-corrected chi connectivity index (χ1v) is 11.5. The fourth-order valence-corrected chi connectivity index (χ4v) is 5.10. The Labute approximate surface area is 177 Å². The van der Waals surface area contributed by atoms with Crippen LogP contribution >= 0.6 is 11.6 Å². The highest BCUT2D eigenvalue weighted by atomic mass is 35.5. The number of carbonyl (C=O) groups excluding carboxylic acids is 1. The first-order chi connectivity index (χ1) is 13.7. The maximum Gasteiger partial charge on any atom is 0.244 e. The predicted octanol–water partition coefficient (Wildman–Crippen LogP) is 3.23. The van der Waals surface area contributed by atoms with E-state index in [1.807, 2.05) is 24.3 Å². The van der Waals surface area contributed by atoms with Crippen LogP contribution in [0.1, 0.15) is 32.3 Å². The van der Waals surface area contributed by atoms with Gasteiger partial charge in [0.05, 0.1) is 0 Å². The summed E-state index contributed by atoms with van der Waals surface area (Å²) in [6, 6.07) is 10.8. The summed E-state index contributed by atoms with van der Waals surface area (Å²) >= 11 is 6.09. The number of halogens is 1. The average Bonchev–Trinajstić information content (AvgIpc) is 2.73. The normalized spacial score (nSPS) is 16.5. The van der Waals surface area contributed by atoms with E-state index >= 15 is 0 Å². The summed E-state index contributed by atoms with van der Waals surface area (Å²) in [7, 11) is -3.56. The first-order valence-electron chi connectivity index (χ1n) is 9.64. The van der Waals surface area contributed by atoms with E-state index in [1.165, 1.54) is 10.5 Å². The van der Waals surface area contributed by atoms with Crippen molar-refractivity contribution in [1.29, 1.82) is 0 Å². The van der Waals surface area contributed by atoms with E-state index in [2.05, 4.69) is 24.1 Å². The Hall–Kier alpha value is -1.96. The molecule has 6 nitrogen and oxygen atoms in total. The molecule has 2 aromatic rings. The second kappa shape index (κ2) is 8.81. The molecule has 0 aliphatic carbocycles. The van der Waals surface area contributed by atoms with Crippen LogP contribution in [0.2, 0.25) is 5.02 Å². The third kappa shape index (κ3) is 5.15. The number of amides is 1. The van der Waals surface area contributed by atoms with Crippen LogP contribution in [0.5, 0.6) is 0 Å². The van der Waals surface area contributed by atoms with Gasteiger partial charge in [0.2, 0.25) is 15.9 Å². The largest absolute Gasteiger partial charge is 0.355 e. The van der Waals surface area contributed by atoms with E-state index in [-0.39, 0.29) is 22.1 Å². The molecule has 29 heavy (non-hydrogen) atoms. The number of carbonyl (C=O) groups is 1. The number of benzene rings is 1. The van der Waals surface area contributed by atoms with Gasteiger partial charge in [0.15, 0.2) is 0 Å². The summed E-state index contributed by atoms with van der Waals surface area (Å²) in [5.41, 5.74) is 0.799. The van der Waals surface area contributed by atoms with Gasteiger partial charge in [0, 0.05) is 48.4 Å². The zero-order chi connectivity index (χ0) is 21.1. The molecule has 1 fully saturated rings. The minimum Gasteiger partial charge on any atom is -0.355 e. The molecule has 1 N–H and O–H groups in total. The second-order valence-corrected chi connectivity index (χ2v) is 10.4. The van der Waals surface area contributed by atoms with Gasteiger partial charge in [-0.3, -0.25) is 9.78 Å². The van der Waals surface area contributed by atoms with Crippen molar-refractivity contribution in [2.45, 2.75) is 37.0 Å². The summed E-state index contributed by atoms with van der Waals surface area (Å²) in [4.78, 5) is 16.7. The fraction of sp³-hybridized carbons (Fsp3) is 0.429. The molecule has 8 heteroatoms. The molecule has 1 aromatic heterocycles. The van der Waals surface area contributed by atoms with Crippen molar-refractivity contribution < 1.29 is 13.2 Å². The number of piperidine rings is 1. The zero-order valence-electron chi connectivity index (χ0n) is 16.6. The lowest BCUT2D eigenvalue weighted by molar-refractivity contribution is -0.126. The molecule has 156 valence electrons. The Morgan fingerprint density at radius 1 is 1.24 bits per heavy atom. The van der Waals surface area contributed by atoms with E-state index in [1.54, 1.807) is 18.3 Å². The molecule has 1 aliphatic heterocycles. The maximum atomic E-state index is 12.7. The van der Waals surface area contributed by atoms with Crippen LogP contribution in [0.4, 0.5) is 0 Å². The van der Waals surface area contributed by atoms with Crippen molar-refractivity contribution in [3.63, 3.8) is 0 Å². The summed E-state index contributed by atoms with van der Waals surface area (Å²) in [6.45, 7) is 5.25. The van der Waals surface area contributed by atoms with Gasteiger partial charge in [-0.25, -0.2) is 8.42 Å². The molecule has 1 aliphatic rings. The monoisotopic (exact) mass is 435 g/mol. The van der Waals surface area contributed by atoms with Crippen molar-refractivity contribution >= 4 is 27.5 Å². The van der Waals surface area contributed by atoms with Crippen LogP contribution < -0.4 is 5.32 Å². The SMILES string of the molecule is CC(C)(CNC(=O)C1CCN(S(=O)(=O)c2cccnc2)CC1)c1cccc(Cl)c1. The van der Waals surface area contributed by atoms with Gasteiger partial charge in [-0.2, -0.15) is 4.31 Å². The highest BCUT2D eigenvalue weighted by Gasteiger charge is 2.33. The lowest BCUT2D eigenvalue weighted by atomic mass is 9.84.